The molecule has 1 aliphatic heterocycles. The van der Waals surface area contributed by atoms with Crippen LogP contribution in [0.2, 0.25) is 0 Å². The van der Waals surface area contributed by atoms with Gasteiger partial charge >= 0.3 is 0 Å². The van der Waals surface area contributed by atoms with E-state index in [1.807, 2.05) is 18.2 Å². The molecule has 3 N–H and O–H groups in total. The first-order chi connectivity index (χ1) is 17.8. The zero-order chi connectivity index (χ0) is 26.0. The Bertz CT molecular complexity index is 1570. The number of carbonyl (C=O) groups excluding carboxylic acids is 1. The smallest absolute Gasteiger partial charge is 0.262 e. The highest BCUT2D eigenvalue weighted by Gasteiger charge is 2.18. The van der Waals surface area contributed by atoms with Gasteiger partial charge in [0.25, 0.3) is 15.9 Å². The second-order valence-electron chi connectivity index (χ2n) is 8.18. The molecule has 0 saturated heterocycles. The van der Waals surface area contributed by atoms with Crippen LogP contribution < -0.4 is 19.5 Å². The molecule has 1 amide bonds. The maximum Gasteiger partial charge on any atom is 0.262 e. The molecule has 1 heterocycles. The van der Waals surface area contributed by atoms with E-state index in [1.165, 1.54) is 18.2 Å². The normalized spacial score (nSPS) is 12.6. The number of nitrogens with one attached hydrogen (secondary N) is 2. The van der Waals surface area contributed by atoms with Crippen LogP contribution in [0.15, 0.2) is 89.8 Å². The zero-order valence-electron chi connectivity index (χ0n) is 19.3. The molecule has 10 heteroatoms. The summed E-state index contributed by atoms with van der Waals surface area (Å²) in [5.41, 5.74) is 2.29. The van der Waals surface area contributed by atoms with Crippen LogP contribution >= 0.6 is 0 Å². The molecule has 0 radical (unpaired) electrons. The summed E-state index contributed by atoms with van der Waals surface area (Å²) in [5.74, 6) is 0.0213. The van der Waals surface area contributed by atoms with Gasteiger partial charge in [0, 0.05) is 11.3 Å². The Morgan fingerprint density at radius 3 is 2.22 bits per heavy atom. The van der Waals surface area contributed by atoms with Gasteiger partial charge in [0.2, 0.25) is 0 Å². The van der Waals surface area contributed by atoms with Crippen molar-refractivity contribution in [2.45, 2.75) is 4.90 Å². The fraction of sp³-hybridized carbons (Fsp3) is 0.0741. The average molecular weight is 521 g/mol. The summed E-state index contributed by atoms with van der Waals surface area (Å²) >= 11 is 0. The Hall–Kier alpha value is -4.57. The lowest BCUT2D eigenvalue weighted by atomic mass is 10.0. The highest BCUT2D eigenvalue weighted by Crippen LogP contribution is 2.35. The highest BCUT2D eigenvalue weighted by molar-refractivity contribution is 7.92. The molecular weight excluding hydrogens is 499 g/mol. The molecule has 0 bridgehead atoms. The van der Waals surface area contributed by atoms with Crippen LogP contribution in [0.25, 0.3) is 11.1 Å². The number of hydrogen-bond donors (Lipinski definition) is 3. The average Bonchev–Trinajstić information content (AvgIpc) is 2.90. The molecule has 0 atom stereocenters. The van der Waals surface area contributed by atoms with E-state index in [4.69, 9.17) is 9.47 Å². The number of phenolic OH excluding ortho intramolecular Hbond substituents is 1. The van der Waals surface area contributed by atoms with Crippen LogP contribution in [-0.4, -0.2) is 32.6 Å². The minimum Gasteiger partial charge on any atom is -0.506 e. The molecule has 188 valence electrons. The summed E-state index contributed by atoms with van der Waals surface area (Å²) in [6.07, 6.45) is 0. The topological polar surface area (TPSA) is 114 Å². The number of sulfonamides is 1. The molecular formula is C27H21FN2O6S. The summed E-state index contributed by atoms with van der Waals surface area (Å²) in [5, 5.41) is 12.8. The number of halogens is 1. The molecule has 37 heavy (non-hydrogen) atoms. The first kappa shape index (κ1) is 24.1. The standard InChI is InChI=1S/C27H21FN2O6S/c28-20-6-9-22(10-7-20)37(33,34)30-23-16-21(8-11-24(23)31)29-27(32)18-3-1-17(2-4-18)19-5-12-25-26(15-19)36-14-13-35-25/h1-12,15-16,30-31H,13-14H2,(H,29,32). The molecule has 0 aliphatic carbocycles. The van der Waals surface area contributed by atoms with Crippen LogP contribution in [0.5, 0.6) is 17.2 Å². The van der Waals surface area contributed by atoms with E-state index in [-0.39, 0.29) is 22.0 Å². The summed E-state index contributed by atoms with van der Waals surface area (Å²) in [6, 6.07) is 20.8. The fourth-order valence-corrected chi connectivity index (χ4v) is 4.82. The molecule has 0 fully saturated rings. The number of carbonyl (C=O) groups is 1. The van der Waals surface area contributed by atoms with Crippen molar-refractivity contribution in [3.05, 3.63) is 96.3 Å². The van der Waals surface area contributed by atoms with Crippen molar-refractivity contribution in [1.29, 1.82) is 0 Å². The van der Waals surface area contributed by atoms with E-state index in [0.29, 0.717) is 30.3 Å². The predicted octanol–water partition coefficient (Wildman–Crippen LogP) is 5.02. The molecule has 8 nitrogen and oxygen atoms in total. The lowest BCUT2D eigenvalue weighted by Gasteiger charge is -2.19. The van der Waals surface area contributed by atoms with Gasteiger partial charge in [-0.1, -0.05) is 18.2 Å². The first-order valence-electron chi connectivity index (χ1n) is 11.2. The van der Waals surface area contributed by atoms with Gasteiger partial charge in [-0.15, -0.1) is 0 Å². The summed E-state index contributed by atoms with van der Waals surface area (Å²) in [7, 11) is -4.09. The van der Waals surface area contributed by atoms with Crippen molar-refractivity contribution in [3.63, 3.8) is 0 Å². The molecule has 0 saturated carbocycles. The minimum absolute atomic E-state index is 0.143. The van der Waals surface area contributed by atoms with Crippen molar-refractivity contribution in [3.8, 4) is 28.4 Å². The minimum atomic E-state index is -4.09. The Kier molecular flexibility index (Phi) is 6.41. The van der Waals surface area contributed by atoms with Gasteiger partial charge in [0.05, 0.1) is 10.6 Å². The Morgan fingerprint density at radius 1 is 0.811 bits per heavy atom. The van der Waals surface area contributed by atoms with Crippen molar-refractivity contribution in [2.75, 3.05) is 23.3 Å². The third-order valence-corrected chi connectivity index (χ3v) is 7.03. The maximum atomic E-state index is 13.1. The Balaban J connectivity index is 1.30. The highest BCUT2D eigenvalue weighted by atomic mass is 32.2. The molecule has 4 aromatic carbocycles. The van der Waals surface area contributed by atoms with Crippen LogP contribution in [0, 0.1) is 5.82 Å². The van der Waals surface area contributed by atoms with E-state index < -0.39 is 21.7 Å². The molecule has 0 spiro atoms. The molecule has 5 rings (SSSR count). The van der Waals surface area contributed by atoms with Gasteiger partial charge in [-0.05, 0) is 77.9 Å². The van der Waals surface area contributed by atoms with Crippen molar-refractivity contribution in [1.82, 2.24) is 0 Å². The number of anilines is 2. The van der Waals surface area contributed by atoms with Crippen molar-refractivity contribution >= 4 is 27.3 Å². The van der Waals surface area contributed by atoms with Crippen LogP contribution in [0.3, 0.4) is 0 Å². The zero-order valence-corrected chi connectivity index (χ0v) is 20.1. The van der Waals surface area contributed by atoms with Crippen LogP contribution in [0.1, 0.15) is 10.4 Å². The SMILES string of the molecule is O=C(Nc1ccc(O)c(NS(=O)(=O)c2ccc(F)cc2)c1)c1ccc(-c2ccc3c(c2)OCCO3)cc1. The van der Waals surface area contributed by atoms with E-state index >= 15 is 0 Å². The van der Waals surface area contributed by atoms with Gasteiger partial charge in [-0.2, -0.15) is 0 Å². The Morgan fingerprint density at radius 2 is 1.49 bits per heavy atom. The largest absolute Gasteiger partial charge is 0.506 e. The maximum absolute atomic E-state index is 13.1. The number of ether oxygens (including phenoxy) is 2. The molecule has 4 aromatic rings. The quantitative estimate of drug-likeness (QED) is 0.243. The molecule has 1 aliphatic rings. The number of rotatable bonds is 6. The van der Waals surface area contributed by atoms with E-state index in [0.717, 1.165) is 35.4 Å². The van der Waals surface area contributed by atoms with Crippen molar-refractivity contribution in [2.24, 2.45) is 0 Å². The van der Waals surface area contributed by atoms with Gasteiger partial charge in [-0.25, -0.2) is 12.8 Å². The van der Waals surface area contributed by atoms with Gasteiger partial charge in [0.15, 0.2) is 11.5 Å². The lowest BCUT2D eigenvalue weighted by Crippen LogP contribution is -2.15. The second-order valence-corrected chi connectivity index (χ2v) is 9.86. The van der Waals surface area contributed by atoms with Crippen LogP contribution in [0.4, 0.5) is 15.8 Å². The number of phenols is 1. The predicted molar refractivity (Wildman–Crippen MR) is 136 cm³/mol. The third-order valence-electron chi connectivity index (χ3n) is 5.65. The number of aromatic hydroxyl groups is 1. The number of fused-ring (bicyclic) bond motifs is 1. The summed E-state index contributed by atoms with van der Waals surface area (Å²) in [4.78, 5) is 12.6. The number of amides is 1. The van der Waals surface area contributed by atoms with Gasteiger partial charge in [-0.3, -0.25) is 9.52 Å². The first-order valence-corrected chi connectivity index (χ1v) is 12.7. The van der Waals surface area contributed by atoms with Gasteiger partial charge in [0.1, 0.15) is 24.8 Å². The molecule has 0 unspecified atom stereocenters. The monoisotopic (exact) mass is 520 g/mol. The van der Waals surface area contributed by atoms with E-state index in [1.54, 1.807) is 24.3 Å². The van der Waals surface area contributed by atoms with E-state index in [9.17, 15) is 22.7 Å². The third kappa shape index (κ3) is 5.34. The van der Waals surface area contributed by atoms with E-state index in [2.05, 4.69) is 10.0 Å². The number of hydrogen-bond acceptors (Lipinski definition) is 6. The lowest BCUT2D eigenvalue weighted by molar-refractivity contribution is 0.102. The Labute approximate surface area is 212 Å². The van der Waals surface area contributed by atoms with Crippen molar-refractivity contribution < 1.29 is 32.2 Å². The summed E-state index contributed by atoms with van der Waals surface area (Å²) in [6.45, 7) is 1.00. The van der Waals surface area contributed by atoms with Crippen LogP contribution in [-0.2, 0) is 10.0 Å². The molecule has 0 aromatic heterocycles. The summed E-state index contributed by atoms with van der Waals surface area (Å²) < 4.78 is 51.8. The van der Waals surface area contributed by atoms with Gasteiger partial charge < -0.3 is 19.9 Å². The fourth-order valence-electron chi connectivity index (χ4n) is 3.75. The second kappa shape index (κ2) is 9.82. The number of benzene rings is 4.